The molecule has 0 fully saturated rings. The normalized spacial score (nSPS) is 11.0. The second-order valence-corrected chi connectivity index (χ2v) is 8.62. The van der Waals surface area contributed by atoms with Crippen molar-refractivity contribution in [3.05, 3.63) is 72.7 Å². The van der Waals surface area contributed by atoms with Gasteiger partial charge in [-0.15, -0.1) is 11.3 Å². The minimum atomic E-state index is -0.245. The Morgan fingerprint density at radius 2 is 2.03 bits per heavy atom. The van der Waals surface area contributed by atoms with Crippen molar-refractivity contribution in [2.24, 2.45) is 0 Å². The second kappa shape index (κ2) is 8.80. The first-order valence-electron chi connectivity index (χ1n) is 9.29. The number of benzene rings is 1. The Hall–Kier alpha value is -2.98. The zero-order valence-electron chi connectivity index (χ0n) is 16.1. The zero-order valence-corrected chi connectivity index (χ0v) is 18.5. The number of carbonyl (C=O) groups excluding carboxylic acids is 1. The molecule has 4 rings (SSSR count). The number of rotatable bonds is 7. The first-order valence-corrected chi connectivity index (χ1v) is 11.0. The summed E-state index contributed by atoms with van der Waals surface area (Å²) >= 11 is 5.00. The molecule has 4 aromatic rings. The van der Waals surface area contributed by atoms with Crippen LogP contribution >= 0.6 is 27.3 Å². The minimum Gasteiger partial charge on any atom is -0.350 e. The van der Waals surface area contributed by atoms with Crippen LogP contribution in [0.15, 0.2) is 51.0 Å². The number of nitrogens with one attached hydrogen (secondary N) is 3. The fraction of sp³-hybridized carbons (Fsp3) is 0.200. The number of anilines is 2. The van der Waals surface area contributed by atoms with Crippen molar-refractivity contribution in [2.75, 3.05) is 10.6 Å². The standard InChI is InChI=1S/C20H19BrN6O2S/c1-12-16(8-9-17(28)24-14-6-4-13(21)5-7-14)18(29)27-20(23-12)25-19(26-27)22-11-15-3-2-10-30-15/h2-7,10H,8-9,11H2,1H3,(H,24,28)(H2,22,23,25,26). The fourth-order valence-corrected chi connectivity index (χ4v) is 3.91. The Bertz CT molecular complexity index is 1230. The van der Waals surface area contributed by atoms with Crippen LogP contribution < -0.4 is 16.2 Å². The summed E-state index contributed by atoms with van der Waals surface area (Å²) < 4.78 is 2.25. The van der Waals surface area contributed by atoms with Gasteiger partial charge in [-0.2, -0.15) is 9.50 Å². The molecule has 8 nitrogen and oxygen atoms in total. The van der Waals surface area contributed by atoms with Crippen LogP contribution in [0.2, 0.25) is 0 Å². The topological polar surface area (TPSA) is 104 Å². The largest absolute Gasteiger partial charge is 0.350 e. The van der Waals surface area contributed by atoms with E-state index in [1.165, 1.54) is 4.52 Å². The Morgan fingerprint density at radius 3 is 2.77 bits per heavy atom. The first kappa shape index (κ1) is 20.3. The number of fused-ring (bicyclic) bond motifs is 1. The maximum absolute atomic E-state index is 12.9. The maximum atomic E-state index is 12.9. The Labute approximate surface area is 184 Å². The molecule has 0 radical (unpaired) electrons. The van der Waals surface area contributed by atoms with Crippen LogP contribution in [0.5, 0.6) is 0 Å². The van der Waals surface area contributed by atoms with Crippen molar-refractivity contribution in [1.29, 1.82) is 0 Å². The Kier molecular flexibility index (Phi) is 5.96. The number of aromatic amines is 1. The highest BCUT2D eigenvalue weighted by atomic mass is 79.9. The van der Waals surface area contributed by atoms with Crippen LogP contribution in [0, 0.1) is 6.92 Å². The van der Waals surface area contributed by atoms with Crippen molar-refractivity contribution in [3.8, 4) is 0 Å². The molecule has 0 aliphatic carbocycles. The number of carbonyl (C=O) groups is 1. The van der Waals surface area contributed by atoms with E-state index in [1.807, 2.05) is 41.8 Å². The summed E-state index contributed by atoms with van der Waals surface area (Å²) in [7, 11) is 0. The summed E-state index contributed by atoms with van der Waals surface area (Å²) in [4.78, 5) is 35.1. The molecule has 0 bridgehead atoms. The molecule has 154 valence electrons. The van der Waals surface area contributed by atoms with E-state index in [0.29, 0.717) is 41.6 Å². The lowest BCUT2D eigenvalue weighted by atomic mass is 10.1. The van der Waals surface area contributed by atoms with Gasteiger partial charge in [0.1, 0.15) is 0 Å². The van der Waals surface area contributed by atoms with Crippen LogP contribution in [0.1, 0.15) is 22.6 Å². The molecular weight excluding hydrogens is 468 g/mol. The van der Waals surface area contributed by atoms with Crippen molar-refractivity contribution in [3.63, 3.8) is 0 Å². The third-order valence-electron chi connectivity index (χ3n) is 4.54. The molecular formula is C20H19BrN6O2S. The van der Waals surface area contributed by atoms with Gasteiger partial charge < -0.3 is 10.6 Å². The SMILES string of the molecule is Cc1nc2nc(NCc3cccs3)[nH]n2c(=O)c1CCC(=O)Nc1ccc(Br)cc1. The van der Waals surface area contributed by atoms with E-state index in [9.17, 15) is 9.59 Å². The van der Waals surface area contributed by atoms with Crippen LogP contribution in [-0.2, 0) is 17.8 Å². The van der Waals surface area contributed by atoms with Crippen molar-refractivity contribution in [2.45, 2.75) is 26.3 Å². The lowest BCUT2D eigenvalue weighted by Gasteiger charge is -2.07. The molecule has 0 aliphatic rings. The second-order valence-electron chi connectivity index (χ2n) is 6.68. The molecule has 3 heterocycles. The highest BCUT2D eigenvalue weighted by Crippen LogP contribution is 2.15. The monoisotopic (exact) mass is 486 g/mol. The minimum absolute atomic E-state index is 0.163. The number of amides is 1. The van der Waals surface area contributed by atoms with E-state index in [0.717, 1.165) is 9.35 Å². The van der Waals surface area contributed by atoms with Crippen LogP contribution in [-0.4, -0.2) is 25.5 Å². The van der Waals surface area contributed by atoms with Gasteiger partial charge in [0.15, 0.2) is 0 Å². The quantitative estimate of drug-likeness (QED) is 0.369. The Morgan fingerprint density at radius 1 is 1.23 bits per heavy atom. The highest BCUT2D eigenvalue weighted by Gasteiger charge is 2.15. The first-order chi connectivity index (χ1) is 14.5. The van der Waals surface area contributed by atoms with Crippen LogP contribution in [0.4, 0.5) is 11.6 Å². The predicted octanol–water partition coefficient (Wildman–Crippen LogP) is 3.73. The van der Waals surface area contributed by atoms with Gasteiger partial charge in [-0.1, -0.05) is 22.0 Å². The van der Waals surface area contributed by atoms with Gasteiger partial charge in [-0.05, 0) is 49.1 Å². The lowest BCUT2D eigenvalue weighted by Crippen LogP contribution is -2.23. The number of H-pyrrole nitrogens is 1. The molecule has 0 aliphatic heterocycles. The van der Waals surface area contributed by atoms with Gasteiger partial charge in [0.25, 0.3) is 11.3 Å². The molecule has 0 atom stereocenters. The van der Waals surface area contributed by atoms with Gasteiger partial charge in [0.05, 0.1) is 12.2 Å². The number of nitrogens with zero attached hydrogens (tertiary/aromatic N) is 3. The molecule has 0 unspecified atom stereocenters. The number of thiophene rings is 1. The predicted molar refractivity (Wildman–Crippen MR) is 121 cm³/mol. The molecule has 0 saturated carbocycles. The maximum Gasteiger partial charge on any atom is 0.277 e. The van der Waals surface area contributed by atoms with E-state index in [2.05, 4.69) is 41.6 Å². The molecule has 3 N–H and O–H groups in total. The summed E-state index contributed by atoms with van der Waals surface area (Å²) in [6.07, 6.45) is 0.470. The third-order valence-corrected chi connectivity index (χ3v) is 5.94. The van der Waals surface area contributed by atoms with Gasteiger partial charge in [0, 0.05) is 27.0 Å². The average Bonchev–Trinajstić information content (AvgIpc) is 3.37. The average molecular weight is 487 g/mol. The van der Waals surface area contributed by atoms with Crippen molar-refractivity contribution >= 4 is 50.6 Å². The highest BCUT2D eigenvalue weighted by molar-refractivity contribution is 9.10. The molecule has 30 heavy (non-hydrogen) atoms. The van der Waals surface area contributed by atoms with Crippen LogP contribution in [0.25, 0.3) is 5.78 Å². The zero-order chi connectivity index (χ0) is 21.1. The summed E-state index contributed by atoms with van der Waals surface area (Å²) in [5, 5.41) is 10.9. The molecule has 1 aromatic carbocycles. The number of hydrogen-bond acceptors (Lipinski definition) is 6. The van der Waals surface area contributed by atoms with E-state index in [-0.39, 0.29) is 17.9 Å². The summed E-state index contributed by atoms with van der Waals surface area (Å²) in [6, 6.07) is 11.3. The number of hydrogen-bond donors (Lipinski definition) is 3. The summed E-state index contributed by atoms with van der Waals surface area (Å²) in [6.45, 7) is 2.37. The number of aryl methyl sites for hydroxylation is 1. The smallest absolute Gasteiger partial charge is 0.277 e. The molecule has 10 heteroatoms. The number of aromatic nitrogens is 4. The van der Waals surface area contributed by atoms with Crippen molar-refractivity contribution < 1.29 is 4.79 Å². The lowest BCUT2D eigenvalue weighted by molar-refractivity contribution is -0.116. The summed E-state index contributed by atoms with van der Waals surface area (Å²) in [5.41, 5.74) is 1.53. The Balaban J connectivity index is 1.46. The van der Waals surface area contributed by atoms with Gasteiger partial charge >= 0.3 is 0 Å². The van der Waals surface area contributed by atoms with E-state index < -0.39 is 0 Å². The fourth-order valence-electron chi connectivity index (χ4n) is 3.00. The summed E-state index contributed by atoms with van der Waals surface area (Å²) in [5.74, 6) is 0.607. The molecule has 3 aromatic heterocycles. The van der Waals surface area contributed by atoms with Crippen LogP contribution in [0.3, 0.4) is 0 Å². The van der Waals surface area contributed by atoms with Gasteiger partial charge in [-0.3, -0.25) is 14.7 Å². The van der Waals surface area contributed by atoms with Crippen molar-refractivity contribution in [1.82, 2.24) is 19.6 Å². The number of halogens is 1. The van der Waals surface area contributed by atoms with E-state index in [1.54, 1.807) is 18.3 Å². The van der Waals surface area contributed by atoms with Gasteiger partial charge in [0.2, 0.25) is 11.9 Å². The molecule has 1 amide bonds. The van der Waals surface area contributed by atoms with E-state index in [4.69, 9.17) is 0 Å². The van der Waals surface area contributed by atoms with E-state index >= 15 is 0 Å². The molecule has 0 spiro atoms. The molecule has 0 saturated heterocycles. The third kappa shape index (κ3) is 4.60. The van der Waals surface area contributed by atoms with Gasteiger partial charge in [-0.25, -0.2) is 4.98 Å².